The molecule has 5 nitrogen and oxygen atoms in total. The molecule has 3 rings (SSSR count). The molecule has 0 atom stereocenters. The number of benzene rings is 2. The SMILES string of the molecule is Cc1c(NCC(=O)Nc2cc(Cl)c(Cl)cc2Cl)cccc1NC(=O)C1CC1. The summed E-state index contributed by atoms with van der Waals surface area (Å²) < 4.78 is 0. The first-order valence-corrected chi connectivity index (χ1v) is 9.57. The number of nitrogens with one attached hydrogen (secondary N) is 3. The van der Waals surface area contributed by atoms with Crippen LogP contribution in [0.15, 0.2) is 30.3 Å². The first-order chi connectivity index (χ1) is 12.8. The maximum atomic E-state index is 12.2. The van der Waals surface area contributed by atoms with Crippen molar-refractivity contribution in [2.24, 2.45) is 5.92 Å². The largest absolute Gasteiger partial charge is 0.376 e. The van der Waals surface area contributed by atoms with Crippen LogP contribution < -0.4 is 16.0 Å². The maximum absolute atomic E-state index is 12.2. The monoisotopic (exact) mass is 425 g/mol. The van der Waals surface area contributed by atoms with Crippen LogP contribution in [0.3, 0.4) is 0 Å². The van der Waals surface area contributed by atoms with Crippen LogP contribution >= 0.6 is 34.8 Å². The van der Waals surface area contributed by atoms with E-state index in [1.165, 1.54) is 12.1 Å². The molecule has 1 saturated carbocycles. The molecule has 0 saturated heterocycles. The van der Waals surface area contributed by atoms with E-state index in [4.69, 9.17) is 34.8 Å². The quantitative estimate of drug-likeness (QED) is 0.545. The van der Waals surface area contributed by atoms with Crippen LogP contribution in [-0.4, -0.2) is 18.4 Å². The zero-order valence-corrected chi connectivity index (χ0v) is 16.8. The third-order valence-electron chi connectivity index (χ3n) is 4.26. The molecule has 0 spiro atoms. The Hall–Kier alpha value is -1.95. The van der Waals surface area contributed by atoms with E-state index < -0.39 is 0 Å². The van der Waals surface area contributed by atoms with E-state index in [1.807, 2.05) is 25.1 Å². The summed E-state index contributed by atoms with van der Waals surface area (Å²) >= 11 is 17.9. The van der Waals surface area contributed by atoms with E-state index in [1.54, 1.807) is 0 Å². The highest BCUT2D eigenvalue weighted by molar-refractivity contribution is 6.44. The minimum absolute atomic E-state index is 0.0252. The molecule has 0 aliphatic heterocycles. The third kappa shape index (κ3) is 5.06. The molecule has 142 valence electrons. The third-order valence-corrected chi connectivity index (χ3v) is 5.30. The lowest BCUT2D eigenvalue weighted by Gasteiger charge is -2.14. The van der Waals surface area contributed by atoms with Crippen LogP contribution in [0, 0.1) is 12.8 Å². The van der Waals surface area contributed by atoms with Gasteiger partial charge in [-0.25, -0.2) is 0 Å². The number of carbonyl (C=O) groups is 2. The van der Waals surface area contributed by atoms with Gasteiger partial charge in [0.2, 0.25) is 11.8 Å². The lowest BCUT2D eigenvalue weighted by Crippen LogP contribution is -2.22. The fourth-order valence-corrected chi connectivity index (χ4v) is 3.13. The van der Waals surface area contributed by atoms with E-state index in [9.17, 15) is 9.59 Å². The molecule has 0 unspecified atom stereocenters. The molecule has 0 bridgehead atoms. The Labute approximate surface area is 172 Å². The highest BCUT2D eigenvalue weighted by atomic mass is 35.5. The lowest BCUT2D eigenvalue weighted by atomic mass is 10.1. The smallest absolute Gasteiger partial charge is 0.243 e. The fraction of sp³-hybridized carbons (Fsp3) is 0.263. The Morgan fingerprint density at radius 3 is 2.33 bits per heavy atom. The van der Waals surface area contributed by atoms with Crippen molar-refractivity contribution < 1.29 is 9.59 Å². The highest BCUT2D eigenvalue weighted by Gasteiger charge is 2.29. The standard InChI is InChI=1S/C19H18Cl3N3O2/c1-10-15(3-2-4-16(10)25-19(27)11-5-6-11)23-9-18(26)24-17-8-13(21)12(20)7-14(17)22/h2-4,7-8,11,23H,5-6,9H2,1H3,(H,24,26)(H,25,27). The number of anilines is 3. The minimum atomic E-state index is -0.290. The number of hydrogen-bond donors (Lipinski definition) is 3. The van der Waals surface area contributed by atoms with Crippen LogP contribution in [0.25, 0.3) is 0 Å². The molecule has 0 radical (unpaired) electrons. The Morgan fingerprint density at radius 1 is 0.963 bits per heavy atom. The molecule has 1 aliphatic rings. The van der Waals surface area contributed by atoms with Gasteiger partial charge < -0.3 is 16.0 Å². The van der Waals surface area contributed by atoms with Gasteiger partial charge in [0, 0.05) is 17.3 Å². The summed E-state index contributed by atoms with van der Waals surface area (Å²) in [5, 5.41) is 9.63. The first-order valence-electron chi connectivity index (χ1n) is 8.44. The molecule has 2 aromatic rings. The van der Waals surface area contributed by atoms with Gasteiger partial charge in [-0.15, -0.1) is 0 Å². The number of halogens is 3. The summed E-state index contributed by atoms with van der Waals surface area (Å²) in [5.74, 6) is -0.118. The molecule has 8 heteroatoms. The zero-order chi connectivity index (χ0) is 19.6. The lowest BCUT2D eigenvalue weighted by molar-refractivity contribution is -0.117. The minimum Gasteiger partial charge on any atom is -0.376 e. The second-order valence-electron chi connectivity index (χ2n) is 6.39. The van der Waals surface area contributed by atoms with Crippen molar-refractivity contribution in [2.75, 3.05) is 22.5 Å². The molecular formula is C19H18Cl3N3O2. The highest BCUT2D eigenvalue weighted by Crippen LogP contribution is 2.33. The number of rotatable bonds is 6. The molecule has 2 amide bonds. The maximum Gasteiger partial charge on any atom is 0.243 e. The summed E-state index contributed by atoms with van der Waals surface area (Å²) in [6.45, 7) is 1.91. The van der Waals surface area contributed by atoms with Crippen molar-refractivity contribution >= 4 is 63.7 Å². The summed E-state index contributed by atoms with van der Waals surface area (Å²) in [7, 11) is 0. The Kier molecular flexibility index (Phi) is 6.15. The predicted octanol–water partition coefficient (Wildman–Crippen LogP) is 5.35. The van der Waals surface area contributed by atoms with Crippen molar-refractivity contribution in [1.29, 1.82) is 0 Å². The van der Waals surface area contributed by atoms with Gasteiger partial charge >= 0.3 is 0 Å². The van der Waals surface area contributed by atoms with Gasteiger partial charge in [0.25, 0.3) is 0 Å². The van der Waals surface area contributed by atoms with E-state index in [0.29, 0.717) is 20.8 Å². The van der Waals surface area contributed by atoms with E-state index >= 15 is 0 Å². The summed E-state index contributed by atoms with van der Waals surface area (Å²) in [6.07, 6.45) is 1.89. The Balaban J connectivity index is 1.62. The summed E-state index contributed by atoms with van der Waals surface area (Å²) in [5.41, 5.74) is 2.76. The van der Waals surface area contributed by atoms with Crippen molar-refractivity contribution in [3.63, 3.8) is 0 Å². The van der Waals surface area contributed by atoms with Crippen LogP contribution in [-0.2, 0) is 9.59 Å². The molecule has 3 N–H and O–H groups in total. The second kappa shape index (κ2) is 8.38. The summed E-state index contributed by atoms with van der Waals surface area (Å²) in [4.78, 5) is 24.2. The van der Waals surface area contributed by atoms with Crippen molar-refractivity contribution in [3.05, 3.63) is 51.0 Å². The van der Waals surface area contributed by atoms with Gasteiger partial charge in [0.05, 0.1) is 27.3 Å². The first kappa shape index (κ1) is 19.8. The van der Waals surface area contributed by atoms with Gasteiger partial charge in [0.15, 0.2) is 0 Å². The molecular weight excluding hydrogens is 409 g/mol. The molecule has 2 aromatic carbocycles. The molecule has 1 aliphatic carbocycles. The van der Waals surface area contributed by atoms with Crippen LogP contribution in [0.4, 0.5) is 17.1 Å². The predicted molar refractivity (Wildman–Crippen MR) is 111 cm³/mol. The number of carbonyl (C=O) groups excluding carboxylic acids is 2. The van der Waals surface area contributed by atoms with Gasteiger partial charge in [0.1, 0.15) is 0 Å². The molecule has 0 heterocycles. The average Bonchev–Trinajstić information content (AvgIpc) is 3.45. The van der Waals surface area contributed by atoms with Crippen LogP contribution in [0.5, 0.6) is 0 Å². The second-order valence-corrected chi connectivity index (χ2v) is 7.61. The Morgan fingerprint density at radius 2 is 1.63 bits per heavy atom. The van der Waals surface area contributed by atoms with E-state index in [0.717, 1.165) is 29.8 Å². The summed E-state index contributed by atoms with van der Waals surface area (Å²) in [6, 6.07) is 8.50. The average molecular weight is 427 g/mol. The van der Waals surface area contributed by atoms with Gasteiger partial charge in [-0.2, -0.15) is 0 Å². The number of hydrogen-bond acceptors (Lipinski definition) is 3. The van der Waals surface area contributed by atoms with E-state index in [2.05, 4.69) is 16.0 Å². The number of amides is 2. The molecule has 27 heavy (non-hydrogen) atoms. The zero-order valence-electron chi connectivity index (χ0n) is 14.5. The van der Waals surface area contributed by atoms with Gasteiger partial charge in [-0.1, -0.05) is 40.9 Å². The fourth-order valence-electron chi connectivity index (χ4n) is 2.53. The molecule has 1 fully saturated rings. The van der Waals surface area contributed by atoms with Crippen molar-refractivity contribution in [1.82, 2.24) is 0 Å². The van der Waals surface area contributed by atoms with Crippen molar-refractivity contribution in [2.45, 2.75) is 19.8 Å². The van der Waals surface area contributed by atoms with Crippen molar-refractivity contribution in [3.8, 4) is 0 Å². The van der Waals surface area contributed by atoms with Crippen LogP contribution in [0.1, 0.15) is 18.4 Å². The van der Waals surface area contributed by atoms with Crippen LogP contribution in [0.2, 0.25) is 15.1 Å². The normalized spacial score (nSPS) is 13.2. The van der Waals surface area contributed by atoms with Gasteiger partial charge in [-0.3, -0.25) is 9.59 Å². The topological polar surface area (TPSA) is 70.2 Å². The molecule has 0 aromatic heterocycles. The van der Waals surface area contributed by atoms with E-state index in [-0.39, 0.29) is 24.3 Å². The Bertz CT molecular complexity index is 898. The van der Waals surface area contributed by atoms with Gasteiger partial charge in [-0.05, 0) is 49.6 Å².